The van der Waals surface area contributed by atoms with E-state index in [4.69, 9.17) is 9.15 Å². The highest BCUT2D eigenvalue weighted by Crippen LogP contribution is 2.17. The smallest absolute Gasteiger partial charge is 0.227 e. The zero-order chi connectivity index (χ0) is 14.7. The van der Waals surface area contributed by atoms with Gasteiger partial charge in [-0.15, -0.1) is 0 Å². The first-order valence-electron chi connectivity index (χ1n) is 7.14. The Kier molecular flexibility index (Phi) is 4.06. The molecule has 2 aromatic heterocycles. The van der Waals surface area contributed by atoms with Crippen LogP contribution in [-0.2, 0) is 11.3 Å². The van der Waals surface area contributed by atoms with Crippen LogP contribution < -0.4 is 9.80 Å². The number of morpholine rings is 1. The molecule has 0 spiro atoms. The van der Waals surface area contributed by atoms with Crippen molar-refractivity contribution < 1.29 is 9.15 Å². The van der Waals surface area contributed by atoms with Crippen LogP contribution in [0.3, 0.4) is 0 Å². The molecule has 21 heavy (non-hydrogen) atoms. The first kappa shape index (κ1) is 13.9. The Hall–Kier alpha value is -2.08. The molecule has 0 aromatic carbocycles. The number of hydrogen-bond donors (Lipinski definition) is 0. The number of nitrogens with zero attached hydrogens (tertiary/aromatic N) is 4. The maximum Gasteiger partial charge on any atom is 0.227 e. The van der Waals surface area contributed by atoms with Crippen LogP contribution in [0.1, 0.15) is 11.5 Å². The van der Waals surface area contributed by atoms with E-state index < -0.39 is 0 Å². The Bertz CT molecular complexity index is 593. The minimum absolute atomic E-state index is 0.688. The molecule has 1 aliphatic rings. The molecule has 0 bridgehead atoms. The third-order valence-corrected chi connectivity index (χ3v) is 3.50. The summed E-state index contributed by atoms with van der Waals surface area (Å²) in [5.41, 5.74) is 0. The molecule has 6 nitrogen and oxygen atoms in total. The van der Waals surface area contributed by atoms with Gasteiger partial charge in [-0.25, -0.2) is 4.98 Å². The van der Waals surface area contributed by atoms with Gasteiger partial charge in [0.05, 0.1) is 19.8 Å². The molecule has 0 amide bonds. The van der Waals surface area contributed by atoms with Crippen LogP contribution in [0.15, 0.2) is 28.8 Å². The molecule has 112 valence electrons. The lowest BCUT2D eigenvalue weighted by Gasteiger charge is -2.27. The lowest BCUT2D eigenvalue weighted by Crippen LogP contribution is -2.37. The van der Waals surface area contributed by atoms with Gasteiger partial charge >= 0.3 is 0 Å². The second kappa shape index (κ2) is 6.13. The van der Waals surface area contributed by atoms with Crippen molar-refractivity contribution in [3.8, 4) is 0 Å². The van der Waals surface area contributed by atoms with E-state index in [1.807, 2.05) is 32.2 Å². The van der Waals surface area contributed by atoms with Crippen LogP contribution in [0, 0.1) is 6.92 Å². The minimum atomic E-state index is 0.688. The summed E-state index contributed by atoms with van der Waals surface area (Å²) >= 11 is 0. The molecule has 1 fully saturated rings. The van der Waals surface area contributed by atoms with E-state index in [2.05, 4.69) is 19.8 Å². The maximum absolute atomic E-state index is 5.61. The van der Waals surface area contributed by atoms with E-state index in [9.17, 15) is 0 Å². The van der Waals surface area contributed by atoms with Gasteiger partial charge in [0.15, 0.2) is 0 Å². The van der Waals surface area contributed by atoms with E-state index in [-0.39, 0.29) is 0 Å². The van der Waals surface area contributed by atoms with Crippen LogP contribution in [0.25, 0.3) is 0 Å². The number of anilines is 2. The van der Waals surface area contributed by atoms with Crippen molar-refractivity contribution >= 4 is 11.8 Å². The SMILES string of the molecule is Cc1ccc(CN(C)c2ccnc(N3CCOCC3)n2)o1. The Morgan fingerprint density at radius 1 is 1.24 bits per heavy atom. The van der Waals surface area contributed by atoms with E-state index >= 15 is 0 Å². The van der Waals surface area contributed by atoms with E-state index in [0.29, 0.717) is 6.54 Å². The van der Waals surface area contributed by atoms with Gasteiger partial charge in [-0.2, -0.15) is 4.98 Å². The first-order valence-corrected chi connectivity index (χ1v) is 7.14. The quantitative estimate of drug-likeness (QED) is 0.856. The topological polar surface area (TPSA) is 54.6 Å². The number of rotatable bonds is 4. The zero-order valence-electron chi connectivity index (χ0n) is 12.5. The maximum atomic E-state index is 5.61. The molecule has 3 heterocycles. The van der Waals surface area contributed by atoms with Gasteiger partial charge in [0, 0.05) is 26.3 Å². The van der Waals surface area contributed by atoms with Crippen LogP contribution in [0.4, 0.5) is 11.8 Å². The van der Waals surface area contributed by atoms with Crippen molar-refractivity contribution in [2.24, 2.45) is 0 Å². The van der Waals surface area contributed by atoms with Gasteiger partial charge in [0.2, 0.25) is 5.95 Å². The van der Waals surface area contributed by atoms with Crippen LogP contribution >= 0.6 is 0 Å². The summed E-state index contributed by atoms with van der Waals surface area (Å²) in [6.07, 6.45) is 1.80. The summed E-state index contributed by atoms with van der Waals surface area (Å²) in [5, 5.41) is 0. The summed E-state index contributed by atoms with van der Waals surface area (Å²) < 4.78 is 11.0. The number of ether oxygens (including phenoxy) is 1. The molecule has 1 saturated heterocycles. The number of aromatic nitrogens is 2. The fourth-order valence-electron chi connectivity index (χ4n) is 2.35. The molecule has 0 radical (unpaired) electrons. The van der Waals surface area contributed by atoms with E-state index in [1.54, 1.807) is 6.20 Å². The third kappa shape index (κ3) is 3.33. The first-order chi connectivity index (χ1) is 10.2. The van der Waals surface area contributed by atoms with Crippen LogP contribution in [-0.4, -0.2) is 43.3 Å². The highest BCUT2D eigenvalue weighted by molar-refractivity contribution is 5.43. The predicted octanol–water partition coefficient (Wildman–Crippen LogP) is 1.85. The number of hydrogen-bond acceptors (Lipinski definition) is 6. The normalized spacial score (nSPS) is 15.2. The standard InChI is InChI=1S/C15H20N4O2/c1-12-3-4-13(21-12)11-18(2)14-5-6-16-15(17-14)19-7-9-20-10-8-19/h3-6H,7-11H2,1-2H3. The second-order valence-electron chi connectivity index (χ2n) is 5.18. The summed E-state index contributed by atoms with van der Waals surface area (Å²) in [6.45, 7) is 5.78. The molecular formula is C15H20N4O2. The Balaban J connectivity index is 1.72. The van der Waals surface area contributed by atoms with Gasteiger partial charge in [0.25, 0.3) is 0 Å². The van der Waals surface area contributed by atoms with Gasteiger partial charge in [0.1, 0.15) is 17.3 Å². The van der Waals surface area contributed by atoms with Gasteiger partial charge in [-0.05, 0) is 25.1 Å². The van der Waals surface area contributed by atoms with Gasteiger partial charge in [-0.1, -0.05) is 0 Å². The second-order valence-corrected chi connectivity index (χ2v) is 5.18. The average molecular weight is 288 g/mol. The monoisotopic (exact) mass is 288 g/mol. The van der Waals surface area contributed by atoms with Crippen molar-refractivity contribution in [1.29, 1.82) is 0 Å². The predicted molar refractivity (Wildman–Crippen MR) is 80.6 cm³/mol. The van der Waals surface area contributed by atoms with E-state index in [1.165, 1.54) is 0 Å². The number of aryl methyl sites for hydroxylation is 1. The average Bonchev–Trinajstić information content (AvgIpc) is 2.93. The largest absolute Gasteiger partial charge is 0.464 e. The van der Waals surface area contributed by atoms with Crippen molar-refractivity contribution in [2.45, 2.75) is 13.5 Å². The fraction of sp³-hybridized carbons (Fsp3) is 0.467. The molecule has 0 aliphatic carbocycles. The Labute approximate surface area is 124 Å². The molecule has 2 aromatic rings. The van der Waals surface area contributed by atoms with Gasteiger partial charge < -0.3 is 19.0 Å². The van der Waals surface area contributed by atoms with Crippen LogP contribution in [0.5, 0.6) is 0 Å². The third-order valence-electron chi connectivity index (χ3n) is 3.50. The molecule has 0 N–H and O–H groups in total. The molecule has 3 rings (SSSR count). The molecule has 0 saturated carbocycles. The van der Waals surface area contributed by atoms with Crippen LogP contribution in [0.2, 0.25) is 0 Å². The lowest BCUT2D eigenvalue weighted by molar-refractivity contribution is 0.122. The Morgan fingerprint density at radius 3 is 2.76 bits per heavy atom. The van der Waals surface area contributed by atoms with Gasteiger partial charge in [-0.3, -0.25) is 0 Å². The van der Waals surface area contributed by atoms with E-state index in [0.717, 1.165) is 49.6 Å². The Morgan fingerprint density at radius 2 is 2.05 bits per heavy atom. The fourth-order valence-corrected chi connectivity index (χ4v) is 2.35. The highest BCUT2D eigenvalue weighted by atomic mass is 16.5. The molecule has 1 aliphatic heterocycles. The summed E-state index contributed by atoms with van der Waals surface area (Å²) in [7, 11) is 2.00. The molecule has 0 unspecified atom stereocenters. The molecule has 6 heteroatoms. The highest BCUT2D eigenvalue weighted by Gasteiger charge is 2.15. The van der Waals surface area contributed by atoms with Crippen molar-refractivity contribution in [3.63, 3.8) is 0 Å². The number of furan rings is 1. The summed E-state index contributed by atoms with van der Waals surface area (Å²) in [6, 6.07) is 5.89. The van der Waals surface area contributed by atoms with Crippen molar-refractivity contribution in [2.75, 3.05) is 43.2 Å². The van der Waals surface area contributed by atoms with Crippen molar-refractivity contribution in [3.05, 3.63) is 35.9 Å². The lowest BCUT2D eigenvalue weighted by atomic mass is 10.4. The molecule has 0 atom stereocenters. The molecular weight excluding hydrogens is 268 g/mol. The minimum Gasteiger partial charge on any atom is -0.464 e. The summed E-state index contributed by atoms with van der Waals surface area (Å²) in [4.78, 5) is 13.2. The van der Waals surface area contributed by atoms with Crippen molar-refractivity contribution in [1.82, 2.24) is 9.97 Å². The zero-order valence-corrected chi connectivity index (χ0v) is 12.5. The summed E-state index contributed by atoms with van der Waals surface area (Å²) in [5.74, 6) is 3.51.